The highest BCUT2D eigenvalue weighted by Crippen LogP contribution is 2.30. The molecular weight excluding hydrogens is 324 g/mol. The topological polar surface area (TPSA) is 64.2 Å². The standard InChI is InChI=1S/C18H14N2O3S/c1-20-14-7-3-2-6-12(14)16-13(18(20)22)9-15(24-16)17(21)19-10-11-5-4-8-23-11/h2-9H,10H2,1H3,(H,19,21). The molecule has 0 atom stereocenters. The summed E-state index contributed by atoms with van der Waals surface area (Å²) in [5.41, 5.74) is 0.768. The molecule has 3 heterocycles. The van der Waals surface area contributed by atoms with Gasteiger partial charge in [-0.1, -0.05) is 18.2 Å². The number of nitrogens with zero attached hydrogens (tertiary/aromatic N) is 1. The number of amides is 1. The minimum atomic E-state index is -0.210. The van der Waals surface area contributed by atoms with Gasteiger partial charge in [0.25, 0.3) is 11.5 Å². The van der Waals surface area contributed by atoms with Gasteiger partial charge >= 0.3 is 0 Å². The summed E-state index contributed by atoms with van der Waals surface area (Å²) in [4.78, 5) is 25.5. The highest BCUT2D eigenvalue weighted by molar-refractivity contribution is 7.21. The van der Waals surface area contributed by atoms with Crippen LogP contribution in [0.4, 0.5) is 0 Å². The summed E-state index contributed by atoms with van der Waals surface area (Å²) in [5, 5.41) is 4.36. The van der Waals surface area contributed by atoms with Crippen molar-refractivity contribution in [1.29, 1.82) is 0 Å². The number of pyridine rings is 1. The van der Waals surface area contributed by atoms with E-state index in [9.17, 15) is 9.59 Å². The van der Waals surface area contributed by atoms with Gasteiger partial charge in [0.05, 0.1) is 28.6 Å². The summed E-state index contributed by atoms with van der Waals surface area (Å²) in [5.74, 6) is 0.476. The summed E-state index contributed by atoms with van der Waals surface area (Å²) >= 11 is 1.34. The fourth-order valence-electron chi connectivity index (χ4n) is 2.78. The van der Waals surface area contributed by atoms with Crippen LogP contribution < -0.4 is 10.9 Å². The molecule has 0 aliphatic carbocycles. The molecule has 1 N–H and O–H groups in total. The Bertz CT molecular complexity index is 1110. The predicted octanol–water partition coefficient (Wildman–Crippen LogP) is 3.28. The highest BCUT2D eigenvalue weighted by Gasteiger charge is 2.16. The molecule has 0 radical (unpaired) electrons. The van der Waals surface area contributed by atoms with Crippen LogP contribution in [0.1, 0.15) is 15.4 Å². The second-order valence-electron chi connectivity index (χ2n) is 5.50. The number of benzene rings is 1. The molecular formula is C18H14N2O3S. The first kappa shape index (κ1) is 14.7. The van der Waals surface area contributed by atoms with E-state index < -0.39 is 0 Å². The molecule has 0 bridgehead atoms. The van der Waals surface area contributed by atoms with Gasteiger partial charge in [-0.3, -0.25) is 9.59 Å². The van der Waals surface area contributed by atoms with Gasteiger partial charge in [-0.05, 0) is 24.3 Å². The largest absolute Gasteiger partial charge is 0.467 e. The van der Waals surface area contributed by atoms with Crippen LogP contribution in [0.15, 0.2) is 57.9 Å². The van der Waals surface area contributed by atoms with Crippen LogP contribution in [0, 0.1) is 0 Å². The predicted molar refractivity (Wildman–Crippen MR) is 94.5 cm³/mol. The summed E-state index contributed by atoms with van der Waals surface area (Å²) in [7, 11) is 1.75. The Morgan fingerprint density at radius 3 is 2.83 bits per heavy atom. The van der Waals surface area contributed by atoms with Crippen LogP contribution in [0.3, 0.4) is 0 Å². The van der Waals surface area contributed by atoms with E-state index in [0.717, 1.165) is 15.6 Å². The van der Waals surface area contributed by atoms with Crippen molar-refractivity contribution in [3.63, 3.8) is 0 Å². The maximum Gasteiger partial charge on any atom is 0.261 e. The first-order valence-corrected chi connectivity index (χ1v) is 8.28. The molecule has 0 spiro atoms. The van der Waals surface area contributed by atoms with Crippen LogP contribution >= 0.6 is 11.3 Å². The van der Waals surface area contributed by atoms with Crippen LogP contribution in [-0.2, 0) is 13.6 Å². The average molecular weight is 338 g/mol. The lowest BCUT2D eigenvalue weighted by molar-refractivity contribution is 0.0952. The molecule has 1 amide bonds. The maximum atomic E-state index is 12.5. The first-order valence-electron chi connectivity index (χ1n) is 7.47. The number of carbonyl (C=O) groups is 1. The Hall–Kier alpha value is -2.86. The van der Waals surface area contributed by atoms with E-state index in [1.54, 1.807) is 36.1 Å². The van der Waals surface area contributed by atoms with E-state index in [2.05, 4.69) is 5.32 Å². The molecule has 1 aromatic carbocycles. The van der Waals surface area contributed by atoms with E-state index in [1.807, 2.05) is 24.3 Å². The zero-order valence-corrected chi connectivity index (χ0v) is 13.7. The van der Waals surface area contributed by atoms with Crippen LogP contribution in [0.5, 0.6) is 0 Å². The minimum absolute atomic E-state index is 0.0926. The number of hydrogen-bond donors (Lipinski definition) is 1. The number of hydrogen-bond acceptors (Lipinski definition) is 4. The number of aryl methyl sites for hydroxylation is 1. The molecule has 6 heteroatoms. The van der Waals surface area contributed by atoms with Crippen molar-refractivity contribution >= 4 is 38.2 Å². The fraction of sp³-hybridized carbons (Fsp3) is 0.111. The lowest BCUT2D eigenvalue weighted by atomic mass is 10.2. The SMILES string of the molecule is Cn1c(=O)c2cc(C(=O)NCc3ccco3)sc2c2ccccc21. The van der Waals surface area contributed by atoms with Crippen LogP contribution in [-0.4, -0.2) is 10.5 Å². The number of nitrogens with one attached hydrogen (secondary N) is 1. The van der Waals surface area contributed by atoms with E-state index in [0.29, 0.717) is 22.6 Å². The third-order valence-electron chi connectivity index (χ3n) is 4.00. The number of rotatable bonds is 3. The van der Waals surface area contributed by atoms with Gasteiger partial charge in [0.2, 0.25) is 0 Å². The Balaban J connectivity index is 1.78. The number of furan rings is 1. The van der Waals surface area contributed by atoms with Gasteiger partial charge in [-0.25, -0.2) is 0 Å². The van der Waals surface area contributed by atoms with E-state index in [-0.39, 0.29) is 11.5 Å². The number of para-hydroxylation sites is 1. The fourth-order valence-corrected chi connectivity index (χ4v) is 3.88. The third kappa shape index (κ3) is 2.32. The molecule has 0 aliphatic rings. The zero-order valence-electron chi connectivity index (χ0n) is 12.9. The molecule has 0 saturated heterocycles. The molecule has 120 valence electrons. The van der Waals surface area contributed by atoms with Gasteiger partial charge < -0.3 is 14.3 Å². The maximum absolute atomic E-state index is 12.5. The molecule has 4 aromatic rings. The van der Waals surface area contributed by atoms with Crippen molar-refractivity contribution in [1.82, 2.24) is 9.88 Å². The quantitative estimate of drug-likeness (QED) is 0.623. The molecule has 3 aromatic heterocycles. The van der Waals surface area contributed by atoms with Crippen molar-refractivity contribution in [3.8, 4) is 0 Å². The van der Waals surface area contributed by atoms with Gasteiger partial charge in [0, 0.05) is 17.1 Å². The van der Waals surface area contributed by atoms with Crippen LogP contribution in [0.2, 0.25) is 0 Å². The molecule has 4 rings (SSSR count). The Morgan fingerprint density at radius 2 is 2.04 bits per heavy atom. The molecule has 5 nitrogen and oxygen atoms in total. The van der Waals surface area contributed by atoms with Gasteiger partial charge in [0.15, 0.2) is 0 Å². The Kier molecular flexibility index (Phi) is 3.46. The lowest BCUT2D eigenvalue weighted by Crippen LogP contribution is -2.21. The number of carbonyl (C=O) groups excluding carboxylic acids is 1. The van der Waals surface area contributed by atoms with Gasteiger partial charge in [-0.15, -0.1) is 11.3 Å². The van der Waals surface area contributed by atoms with Gasteiger partial charge in [-0.2, -0.15) is 0 Å². The first-order chi connectivity index (χ1) is 11.6. The molecule has 0 unspecified atom stereocenters. The van der Waals surface area contributed by atoms with E-state index in [4.69, 9.17) is 4.42 Å². The molecule has 0 fully saturated rings. The number of aromatic nitrogens is 1. The molecule has 0 aliphatic heterocycles. The van der Waals surface area contributed by atoms with E-state index in [1.165, 1.54) is 11.3 Å². The normalized spacial score (nSPS) is 11.2. The Labute approximate surface area is 141 Å². The minimum Gasteiger partial charge on any atom is -0.467 e. The average Bonchev–Trinajstić information content (AvgIpc) is 3.27. The second-order valence-corrected chi connectivity index (χ2v) is 6.55. The van der Waals surface area contributed by atoms with Crippen molar-refractivity contribution < 1.29 is 9.21 Å². The summed E-state index contributed by atoms with van der Waals surface area (Å²) in [6.07, 6.45) is 1.57. The second kappa shape index (κ2) is 5.65. The number of thiophene rings is 1. The summed E-state index contributed by atoms with van der Waals surface area (Å²) in [6, 6.07) is 13.0. The molecule has 0 saturated carbocycles. The van der Waals surface area contributed by atoms with E-state index >= 15 is 0 Å². The zero-order chi connectivity index (χ0) is 16.7. The molecule has 24 heavy (non-hydrogen) atoms. The Morgan fingerprint density at radius 1 is 1.21 bits per heavy atom. The monoisotopic (exact) mass is 338 g/mol. The summed E-state index contributed by atoms with van der Waals surface area (Å²) in [6.45, 7) is 0.318. The van der Waals surface area contributed by atoms with Crippen molar-refractivity contribution in [2.45, 2.75) is 6.54 Å². The summed E-state index contributed by atoms with van der Waals surface area (Å²) < 4.78 is 7.67. The smallest absolute Gasteiger partial charge is 0.261 e. The van der Waals surface area contributed by atoms with Crippen molar-refractivity contribution in [2.75, 3.05) is 0 Å². The highest BCUT2D eigenvalue weighted by atomic mass is 32.1. The van der Waals surface area contributed by atoms with Crippen molar-refractivity contribution in [2.24, 2.45) is 7.05 Å². The third-order valence-corrected chi connectivity index (χ3v) is 5.17. The van der Waals surface area contributed by atoms with Gasteiger partial charge in [0.1, 0.15) is 5.76 Å². The van der Waals surface area contributed by atoms with Crippen LogP contribution in [0.25, 0.3) is 21.0 Å². The number of fused-ring (bicyclic) bond motifs is 3. The van der Waals surface area contributed by atoms with Crippen molar-refractivity contribution in [3.05, 3.63) is 69.7 Å². The lowest BCUT2D eigenvalue weighted by Gasteiger charge is -2.05.